The molecule has 0 atom stereocenters. The Labute approximate surface area is 97.4 Å². The lowest BCUT2D eigenvalue weighted by Crippen LogP contribution is -2.04. The maximum absolute atomic E-state index is 12.4. The van der Waals surface area contributed by atoms with E-state index in [9.17, 15) is 13.2 Å². The number of halogens is 4. The number of anilines is 1. The Hall–Kier alpha value is -1.30. The summed E-state index contributed by atoms with van der Waals surface area (Å²) < 4.78 is 37.9. The third kappa shape index (κ3) is 1.84. The van der Waals surface area contributed by atoms with E-state index in [1.807, 2.05) is 0 Å². The highest BCUT2D eigenvalue weighted by molar-refractivity contribution is 9.10. The molecule has 1 heterocycles. The first-order valence-electron chi connectivity index (χ1n) is 4.30. The molecule has 0 spiro atoms. The van der Waals surface area contributed by atoms with Gasteiger partial charge in [-0.3, -0.25) is 4.98 Å². The molecule has 0 aliphatic carbocycles. The quantitative estimate of drug-likeness (QED) is 0.805. The van der Waals surface area contributed by atoms with E-state index in [1.165, 1.54) is 12.3 Å². The molecule has 16 heavy (non-hydrogen) atoms. The fraction of sp³-hybridized carbons (Fsp3) is 0.100. The van der Waals surface area contributed by atoms with Crippen molar-refractivity contribution in [3.05, 3.63) is 34.4 Å². The molecule has 6 heteroatoms. The average molecular weight is 291 g/mol. The SMILES string of the molecule is Nc1c(Br)cnc2cc(C(F)(F)F)ccc12. The van der Waals surface area contributed by atoms with Crippen molar-refractivity contribution < 1.29 is 13.2 Å². The molecular formula is C10H6BrF3N2. The lowest BCUT2D eigenvalue weighted by atomic mass is 10.1. The molecule has 0 unspecified atom stereocenters. The topological polar surface area (TPSA) is 38.9 Å². The summed E-state index contributed by atoms with van der Waals surface area (Å²) in [5.41, 5.74) is 5.60. The van der Waals surface area contributed by atoms with Gasteiger partial charge in [0.25, 0.3) is 0 Å². The minimum Gasteiger partial charge on any atom is -0.397 e. The number of aromatic nitrogens is 1. The number of nitrogens with zero attached hydrogens (tertiary/aromatic N) is 1. The molecule has 84 valence electrons. The molecule has 0 amide bonds. The van der Waals surface area contributed by atoms with Crippen molar-refractivity contribution in [1.29, 1.82) is 0 Å². The highest BCUT2D eigenvalue weighted by Crippen LogP contribution is 2.33. The summed E-state index contributed by atoms with van der Waals surface area (Å²) in [5.74, 6) is 0. The van der Waals surface area contributed by atoms with Gasteiger partial charge in [0.05, 0.1) is 21.2 Å². The average Bonchev–Trinajstić information content (AvgIpc) is 2.22. The number of nitrogens with two attached hydrogens (primary N) is 1. The maximum atomic E-state index is 12.4. The van der Waals surface area contributed by atoms with Gasteiger partial charge in [-0.1, -0.05) is 6.07 Å². The van der Waals surface area contributed by atoms with E-state index in [2.05, 4.69) is 20.9 Å². The maximum Gasteiger partial charge on any atom is 0.416 e. The van der Waals surface area contributed by atoms with Crippen molar-refractivity contribution >= 4 is 32.5 Å². The van der Waals surface area contributed by atoms with Crippen molar-refractivity contribution in [2.45, 2.75) is 6.18 Å². The van der Waals surface area contributed by atoms with Crippen LogP contribution in [0, 0.1) is 0 Å². The minimum atomic E-state index is -4.36. The predicted molar refractivity (Wildman–Crippen MR) is 58.9 cm³/mol. The molecule has 2 nitrogen and oxygen atoms in total. The van der Waals surface area contributed by atoms with Crippen LogP contribution < -0.4 is 5.73 Å². The highest BCUT2D eigenvalue weighted by Gasteiger charge is 2.30. The van der Waals surface area contributed by atoms with Crippen LogP contribution in [0.4, 0.5) is 18.9 Å². The van der Waals surface area contributed by atoms with Crippen molar-refractivity contribution in [1.82, 2.24) is 4.98 Å². The van der Waals surface area contributed by atoms with Crippen molar-refractivity contribution in [2.75, 3.05) is 5.73 Å². The number of pyridine rings is 1. The Kier molecular flexibility index (Phi) is 2.53. The minimum absolute atomic E-state index is 0.232. The number of benzene rings is 1. The molecule has 2 rings (SSSR count). The Morgan fingerprint density at radius 3 is 2.56 bits per heavy atom. The van der Waals surface area contributed by atoms with Gasteiger partial charge in [-0.25, -0.2) is 0 Å². The van der Waals surface area contributed by atoms with Gasteiger partial charge < -0.3 is 5.73 Å². The van der Waals surface area contributed by atoms with Gasteiger partial charge in [0.15, 0.2) is 0 Å². The zero-order valence-electron chi connectivity index (χ0n) is 7.85. The molecule has 0 radical (unpaired) electrons. The fourth-order valence-corrected chi connectivity index (χ4v) is 1.68. The molecule has 0 fully saturated rings. The van der Waals surface area contributed by atoms with E-state index in [1.54, 1.807) is 0 Å². The monoisotopic (exact) mass is 290 g/mol. The largest absolute Gasteiger partial charge is 0.416 e. The number of fused-ring (bicyclic) bond motifs is 1. The van der Waals surface area contributed by atoms with Crippen LogP contribution in [0.15, 0.2) is 28.9 Å². The second-order valence-electron chi connectivity index (χ2n) is 3.25. The molecule has 0 saturated carbocycles. The molecular weight excluding hydrogens is 285 g/mol. The molecule has 0 aliphatic heterocycles. The summed E-state index contributed by atoms with van der Waals surface area (Å²) in [6, 6.07) is 3.30. The van der Waals surface area contributed by atoms with Gasteiger partial charge in [-0.2, -0.15) is 13.2 Å². The number of rotatable bonds is 0. The predicted octanol–water partition coefficient (Wildman–Crippen LogP) is 3.60. The van der Waals surface area contributed by atoms with Crippen molar-refractivity contribution in [3.63, 3.8) is 0 Å². The Balaban J connectivity index is 2.70. The number of alkyl halides is 3. The lowest BCUT2D eigenvalue weighted by molar-refractivity contribution is -0.137. The lowest BCUT2D eigenvalue weighted by Gasteiger charge is -2.08. The van der Waals surface area contributed by atoms with Crippen LogP contribution in [0.1, 0.15) is 5.56 Å². The van der Waals surface area contributed by atoms with Crippen molar-refractivity contribution in [2.24, 2.45) is 0 Å². The second-order valence-corrected chi connectivity index (χ2v) is 4.10. The summed E-state index contributed by atoms with van der Waals surface area (Å²) in [6.45, 7) is 0. The molecule has 2 N–H and O–H groups in total. The van der Waals surface area contributed by atoms with E-state index in [0.717, 1.165) is 12.1 Å². The highest BCUT2D eigenvalue weighted by atomic mass is 79.9. The third-order valence-corrected chi connectivity index (χ3v) is 2.82. The van der Waals surface area contributed by atoms with Gasteiger partial charge in [-0.05, 0) is 28.1 Å². The second kappa shape index (κ2) is 3.62. The van der Waals surface area contributed by atoms with Crippen LogP contribution >= 0.6 is 15.9 Å². The van der Waals surface area contributed by atoms with Gasteiger partial charge in [-0.15, -0.1) is 0 Å². The van der Waals surface area contributed by atoms with E-state index in [-0.39, 0.29) is 5.52 Å². The molecule has 0 saturated heterocycles. The zero-order chi connectivity index (χ0) is 11.9. The van der Waals surface area contributed by atoms with Crippen LogP contribution in [0.5, 0.6) is 0 Å². The van der Waals surface area contributed by atoms with Gasteiger partial charge in [0.2, 0.25) is 0 Å². The summed E-state index contributed by atoms with van der Waals surface area (Å²) in [7, 11) is 0. The third-order valence-electron chi connectivity index (χ3n) is 2.19. The Morgan fingerprint density at radius 2 is 1.94 bits per heavy atom. The number of hydrogen-bond donors (Lipinski definition) is 1. The fourth-order valence-electron chi connectivity index (χ4n) is 1.37. The van der Waals surface area contributed by atoms with E-state index in [0.29, 0.717) is 15.5 Å². The van der Waals surface area contributed by atoms with Gasteiger partial charge in [0, 0.05) is 11.6 Å². The van der Waals surface area contributed by atoms with Crippen LogP contribution in [0.2, 0.25) is 0 Å². The number of hydrogen-bond acceptors (Lipinski definition) is 2. The summed E-state index contributed by atoms with van der Waals surface area (Å²) in [4.78, 5) is 3.89. The van der Waals surface area contributed by atoms with Crippen LogP contribution in [-0.2, 0) is 6.18 Å². The first-order chi connectivity index (χ1) is 7.39. The first kappa shape index (κ1) is 11.2. The summed E-state index contributed by atoms with van der Waals surface area (Å²) in [5, 5.41) is 0.502. The zero-order valence-corrected chi connectivity index (χ0v) is 9.43. The molecule has 0 aliphatic rings. The number of nitrogen functional groups attached to an aromatic ring is 1. The Morgan fingerprint density at radius 1 is 1.25 bits per heavy atom. The molecule has 0 bridgehead atoms. The summed E-state index contributed by atoms with van der Waals surface area (Å²) >= 11 is 3.16. The molecule has 1 aromatic carbocycles. The molecule has 1 aromatic heterocycles. The normalized spacial score (nSPS) is 12.0. The van der Waals surface area contributed by atoms with Crippen LogP contribution in [0.3, 0.4) is 0 Å². The van der Waals surface area contributed by atoms with Crippen molar-refractivity contribution in [3.8, 4) is 0 Å². The van der Waals surface area contributed by atoms with Crippen LogP contribution in [0.25, 0.3) is 10.9 Å². The smallest absolute Gasteiger partial charge is 0.397 e. The van der Waals surface area contributed by atoms with E-state index < -0.39 is 11.7 Å². The first-order valence-corrected chi connectivity index (χ1v) is 5.10. The van der Waals surface area contributed by atoms with E-state index in [4.69, 9.17) is 5.73 Å². The Bertz CT molecular complexity index is 551. The summed E-state index contributed by atoms with van der Waals surface area (Å²) in [6.07, 6.45) is -2.98. The van der Waals surface area contributed by atoms with Gasteiger partial charge in [0.1, 0.15) is 0 Å². The van der Waals surface area contributed by atoms with Gasteiger partial charge >= 0.3 is 6.18 Å². The molecule has 2 aromatic rings. The van der Waals surface area contributed by atoms with Crippen LogP contribution in [-0.4, -0.2) is 4.98 Å². The van der Waals surface area contributed by atoms with E-state index >= 15 is 0 Å². The standard InChI is InChI=1S/C10H6BrF3N2/c11-7-4-16-8-3-5(10(12,13)14)1-2-6(8)9(7)15/h1-4H,(H2,15,16).